The van der Waals surface area contributed by atoms with Gasteiger partial charge in [-0.1, -0.05) is 12.1 Å². The molecule has 0 bridgehead atoms. The minimum absolute atomic E-state index is 0.00514. The van der Waals surface area contributed by atoms with E-state index >= 15 is 0 Å². The van der Waals surface area contributed by atoms with Gasteiger partial charge in [-0.25, -0.2) is 4.98 Å². The normalized spacial score (nSPS) is 10.2. The van der Waals surface area contributed by atoms with Gasteiger partial charge in [-0.05, 0) is 60.2 Å². The Labute approximate surface area is 238 Å². The molecule has 0 saturated heterocycles. The van der Waals surface area contributed by atoms with Gasteiger partial charge in [-0.15, -0.1) is 0 Å². The number of amides is 1. The second-order valence-electron chi connectivity index (χ2n) is 8.55. The second-order valence-corrected chi connectivity index (χ2v) is 8.55. The standard InChI is InChI=1S/C31H29N3O7/c1-36-22-10-6-19(7-11-22)24-16-26(20-14-27(38-3)30(40-5)28(15-20)39-4)34-31(25(24)17-32)41-18-29(35)33-21-8-12-23(37-2)13-9-21/h6-16H,18H2,1-5H3,(H,33,35). The number of nitriles is 1. The molecule has 1 N–H and O–H groups in total. The van der Waals surface area contributed by atoms with Gasteiger partial charge in [0.1, 0.15) is 23.1 Å². The molecule has 10 heteroatoms. The topological polar surface area (TPSA) is 121 Å². The summed E-state index contributed by atoms with van der Waals surface area (Å²) in [6.45, 7) is -0.380. The van der Waals surface area contributed by atoms with Crippen molar-refractivity contribution in [3.8, 4) is 63.1 Å². The van der Waals surface area contributed by atoms with Gasteiger partial charge in [0, 0.05) is 16.8 Å². The first kappa shape index (κ1) is 28.6. The predicted octanol–water partition coefficient (Wildman–Crippen LogP) is 5.35. The largest absolute Gasteiger partial charge is 0.497 e. The van der Waals surface area contributed by atoms with Crippen LogP contribution in [0.5, 0.6) is 34.6 Å². The van der Waals surface area contributed by atoms with Gasteiger partial charge < -0.3 is 33.7 Å². The van der Waals surface area contributed by atoms with E-state index in [0.29, 0.717) is 51.3 Å². The highest BCUT2D eigenvalue weighted by molar-refractivity contribution is 5.92. The number of nitrogens with zero attached hydrogens (tertiary/aromatic N) is 2. The number of aromatic nitrogens is 1. The molecule has 41 heavy (non-hydrogen) atoms. The lowest BCUT2D eigenvalue weighted by molar-refractivity contribution is -0.118. The number of ether oxygens (including phenoxy) is 6. The SMILES string of the molecule is COc1ccc(NC(=O)COc2nc(-c3cc(OC)c(OC)c(OC)c3)cc(-c3ccc(OC)cc3)c2C#N)cc1. The fraction of sp³-hybridized carbons (Fsp3) is 0.194. The van der Waals surface area contributed by atoms with Crippen molar-refractivity contribution in [2.75, 3.05) is 47.5 Å². The van der Waals surface area contributed by atoms with Gasteiger partial charge in [0.25, 0.3) is 5.91 Å². The number of carbonyl (C=O) groups is 1. The Kier molecular flexibility index (Phi) is 9.12. The van der Waals surface area contributed by atoms with Crippen molar-refractivity contribution in [3.63, 3.8) is 0 Å². The third-order valence-electron chi connectivity index (χ3n) is 6.17. The van der Waals surface area contributed by atoms with Crippen LogP contribution in [-0.2, 0) is 4.79 Å². The molecule has 0 aliphatic heterocycles. The summed E-state index contributed by atoms with van der Waals surface area (Å²) in [5, 5.41) is 12.9. The van der Waals surface area contributed by atoms with E-state index < -0.39 is 5.91 Å². The van der Waals surface area contributed by atoms with Crippen LogP contribution in [0.25, 0.3) is 22.4 Å². The third kappa shape index (κ3) is 6.42. The number of pyridine rings is 1. The average Bonchev–Trinajstić information content (AvgIpc) is 3.02. The fourth-order valence-corrected chi connectivity index (χ4v) is 4.11. The van der Waals surface area contributed by atoms with Crippen LogP contribution in [0, 0.1) is 11.3 Å². The second kappa shape index (κ2) is 13.1. The molecule has 0 aliphatic carbocycles. The minimum Gasteiger partial charge on any atom is -0.497 e. The number of hydrogen-bond acceptors (Lipinski definition) is 9. The van der Waals surface area contributed by atoms with Gasteiger partial charge in [0.15, 0.2) is 18.1 Å². The Balaban J connectivity index is 1.76. The molecule has 0 spiro atoms. The van der Waals surface area contributed by atoms with Crippen molar-refractivity contribution in [3.05, 3.63) is 72.3 Å². The van der Waals surface area contributed by atoms with Gasteiger partial charge in [-0.3, -0.25) is 4.79 Å². The van der Waals surface area contributed by atoms with Gasteiger partial charge >= 0.3 is 0 Å². The lowest BCUT2D eigenvalue weighted by atomic mass is 9.98. The van der Waals surface area contributed by atoms with Crippen molar-refractivity contribution in [2.45, 2.75) is 0 Å². The summed E-state index contributed by atoms with van der Waals surface area (Å²) in [7, 11) is 7.70. The van der Waals surface area contributed by atoms with E-state index in [9.17, 15) is 10.1 Å². The zero-order valence-electron chi connectivity index (χ0n) is 23.3. The lowest BCUT2D eigenvalue weighted by Crippen LogP contribution is -2.21. The highest BCUT2D eigenvalue weighted by Gasteiger charge is 2.21. The maximum Gasteiger partial charge on any atom is 0.262 e. The van der Waals surface area contributed by atoms with Crippen LogP contribution < -0.4 is 33.7 Å². The van der Waals surface area contributed by atoms with Crippen molar-refractivity contribution in [2.24, 2.45) is 0 Å². The summed E-state index contributed by atoms with van der Waals surface area (Å²) in [6, 6.07) is 21.6. The van der Waals surface area contributed by atoms with E-state index in [4.69, 9.17) is 28.4 Å². The Bertz CT molecular complexity index is 1540. The Morgan fingerprint density at radius 2 is 1.37 bits per heavy atom. The highest BCUT2D eigenvalue weighted by atomic mass is 16.5. The number of methoxy groups -OCH3 is 5. The summed E-state index contributed by atoms with van der Waals surface area (Å²) in [5.74, 6) is 2.18. The summed E-state index contributed by atoms with van der Waals surface area (Å²) in [5.41, 5.74) is 3.10. The summed E-state index contributed by atoms with van der Waals surface area (Å²) in [4.78, 5) is 17.3. The number of carbonyl (C=O) groups excluding carboxylic acids is 1. The van der Waals surface area contributed by atoms with Crippen LogP contribution in [0.3, 0.4) is 0 Å². The van der Waals surface area contributed by atoms with Crippen LogP contribution >= 0.6 is 0 Å². The molecule has 0 unspecified atom stereocenters. The smallest absolute Gasteiger partial charge is 0.262 e. The number of rotatable bonds is 11. The molecule has 4 rings (SSSR count). The summed E-state index contributed by atoms with van der Waals surface area (Å²) < 4.78 is 32.8. The van der Waals surface area contributed by atoms with Crippen LogP contribution in [0.15, 0.2) is 66.7 Å². The molecule has 4 aromatic rings. The van der Waals surface area contributed by atoms with E-state index in [1.807, 2.05) is 12.1 Å². The molecule has 0 atom stereocenters. The zero-order valence-corrected chi connectivity index (χ0v) is 23.3. The molecule has 0 saturated carbocycles. The van der Waals surface area contributed by atoms with E-state index in [1.54, 1.807) is 68.8 Å². The van der Waals surface area contributed by atoms with Crippen molar-refractivity contribution < 1.29 is 33.2 Å². The minimum atomic E-state index is -0.426. The molecule has 0 fully saturated rings. The average molecular weight is 556 g/mol. The van der Waals surface area contributed by atoms with Crippen LogP contribution in [0.1, 0.15) is 5.56 Å². The molecule has 1 aromatic heterocycles. The maximum atomic E-state index is 12.7. The van der Waals surface area contributed by atoms with E-state index in [2.05, 4.69) is 16.4 Å². The number of nitrogens with one attached hydrogen (secondary N) is 1. The molecule has 0 radical (unpaired) electrons. The number of hydrogen-bond donors (Lipinski definition) is 1. The van der Waals surface area contributed by atoms with Gasteiger partial charge in [-0.2, -0.15) is 5.26 Å². The van der Waals surface area contributed by atoms with E-state index in [1.165, 1.54) is 21.3 Å². The lowest BCUT2D eigenvalue weighted by Gasteiger charge is -2.16. The van der Waals surface area contributed by atoms with E-state index in [-0.39, 0.29) is 18.1 Å². The predicted molar refractivity (Wildman–Crippen MR) is 153 cm³/mol. The summed E-state index contributed by atoms with van der Waals surface area (Å²) in [6.07, 6.45) is 0. The first-order valence-electron chi connectivity index (χ1n) is 12.4. The monoisotopic (exact) mass is 555 g/mol. The summed E-state index contributed by atoms with van der Waals surface area (Å²) >= 11 is 0. The highest BCUT2D eigenvalue weighted by Crippen LogP contribution is 2.42. The van der Waals surface area contributed by atoms with Crippen molar-refractivity contribution >= 4 is 11.6 Å². The molecule has 1 amide bonds. The number of anilines is 1. The zero-order chi connectivity index (χ0) is 29.4. The maximum absolute atomic E-state index is 12.7. The Hall–Kier alpha value is -5.43. The third-order valence-corrected chi connectivity index (χ3v) is 6.17. The van der Waals surface area contributed by atoms with Gasteiger partial charge in [0.2, 0.25) is 11.6 Å². The fourth-order valence-electron chi connectivity index (χ4n) is 4.11. The Morgan fingerprint density at radius 3 is 1.88 bits per heavy atom. The van der Waals surface area contributed by atoms with Crippen LogP contribution in [0.4, 0.5) is 5.69 Å². The van der Waals surface area contributed by atoms with E-state index in [0.717, 1.165) is 5.56 Å². The van der Waals surface area contributed by atoms with Crippen LogP contribution in [0.2, 0.25) is 0 Å². The quantitative estimate of drug-likeness (QED) is 0.261. The van der Waals surface area contributed by atoms with Crippen molar-refractivity contribution in [1.82, 2.24) is 4.98 Å². The first-order chi connectivity index (χ1) is 19.9. The Morgan fingerprint density at radius 1 is 0.780 bits per heavy atom. The number of benzene rings is 3. The first-order valence-corrected chi connectivity index (χ1v) is 12.4. The molecule has 210 valence electrons. The molecule has 10 nitrogen and oxygen atoms in total. The molecule has 1 heterocycles. The molecular weight excluding hydrogens is 526 g/mol. The van der Waals surface area contributed by atoms with Crippen LogP contribution in [-0.4, -0.2) is 53.0 Å². The van der Waals surface area contributed by atoms with Crippen molar-refractivity contribution in [1.29, 1.82) is 5.26 Å². The molecule has 3 aromatic carbocycles. The molecule has 0 aliphatic rings. The van der Waals surface area contributed by atoms with Gasteiger partial charge in [0.05, 0.1) is 41.2 Å². The molecular formula is C31H29N3O7.